The van der Waals surface area contributed by atoms with Crippen LogP contribution in [0.2, 0.25) is 0 Å². The molecule has 0 radical (unpaired) electrons. The van der Waals surface area contributed by atoms with Crippen LogP contribution < -0.4 is 5.32 Å². The molecule has 0 spiro atoms. The number of hydrogen-bond donors (Lipinski definition) is 1. The Morgan fingerprint density at radius 1 is 1.00 bits per heavy atom. The lowest BCUT2D eigenvalue weighted by atomic mass is 9.87. The van der Waals surface area contributed by atoms with Gasteiger partial charge in [-0.3, -0.25) is 9.59 Å². The monoisotopic (exact) mass is 308 g/mol. The fraction of sp³-hybridized carbons (Fsp3) is 0.889. The Morgan fingerprint density at radius 2 is 1.59 bits per heavy atom. The Kier molecular flexibility index (Phi) is 6.71. The Labute approximate surface area is 135 Å². The van der Waals surface area contributed by atoms with E-state index in [1.54, 1.807) is 0 Å². The molecule has 22 heavy (non-hydrogen) atoms. The summed E-state index contributed by atoms with van der Waals surface area (Å²) in [4.78, 5) is 26.7. The highest BCUT2D eigenvalue weighted by Crippen LogP contribution is 2.26. The van der Waals surface area contributed by atoms with Crippen LogP contribution in [0.4, 0.5) is 0 Å². The van der Waals surface area contributed by atoms with Crippen molar-refractivity contribution in [2.45, 2.75) is 77.7 Å². The van der Waals surface area contributed by atoms with Crippen molar-refractivity contribution in [1.82, 2.24) is 10.2 Å². The van der Waals surface area contributed by atoms with Gasteiger partial charge in [-0.05, 0) is 38.5 Å². The summed E-state index contributed by atoms with van der Waals surface area (Å²) in [6, 6.07) is 0.253. The van der Waals surface area contributed by atoms with E-state index in [1.165, 1.54) is 19.3 Å². The minimum Gasteiger partial charge on any atom is -0.353 e. The van der Waals surface area contributed by atoms with Crippen LogP contribution in [0, 0.1) is 11.8 Å². The molecule has 0 bridgehead atoms. The van der Waals surface area contributed by atoms with Crippen molar-refractivity contribution in [3.63, 3.8) is 0 Å². The van der Waals surface area contributed by atoms with Crippen LogP contribution in [0.1, 0.15) is 71.6 Å². The summed E-state index contributed by atoms with van der Waals surface area (Å²) in [5, 5.41) is 3.18. The molecule has 1 saturated heterocycles. The molecule has 0 aromatic heterocycles. The van der Waals surface area contributed by atoms with Crippen molar-refractivity contribution < 1.29 is 9.59 Å². The standard InChI is InChI=1S/C18H32N2O2/c1-3-14(4-2)17(21)19-16-10-12-20(13-11-16)18(22)15-8-6-5-7-9-15/h14-16H,3-13H2,1-2H3,(H,19,21). The predicted octanol–water partition coefficient (Wildman–Crippen LogP) is 3.11. The van der Waals surface area contributed by atoms with Gasteiger partial charge in [-0.2, -0.15) is 0 Å². The Morgan fingerprint density at radius 3 is 2.14 bits per heavy atom. The number of rotatable bonds is 5. The second-order valence-electron chi connectivity index (χ2n) is 6.96. The van der Waals surface area contributed by atoms with Crippen LogP contribution in [-0.2, 0) is 9.59 Å². The third-order valence-corrected chi connectivity index (χ3v) is 5.46. The average molecular weight is 308 g/mol. The lowest BCUT2D eigenvalue weighted by Gasteiger charge is -2.35. The third kappa shape index (κ3) is 4.47. The van der Waals surface area contributed by atoms with Gasteiger partial charge in [0.1, 0.15) is 0 Å². The van der Waals surface area contributed by atoms with E-state index in [1.807, 2.05) is 4.90 Å². The maximum absolute atomic E-state index is 12.5. The summed E-state index contributed by atoms with van der Waals surface area (Å²) in [6.45, 7) is 5.75. The zero-order valence-electron chi connectivity index (χ0n) is 14.3. The number of carbonyl (C=O) groups is 2. The number of hydrogen-bond acceptors (Lipinski definition) is 2. The molecule has 1 aliphatic carbocycles. The molecule has 0 unspecified atom stereocenters. The van der Waals surface area contributed by atoms with Crippen LogP contribution in [0.25, 0.3) is 0 Å². The van der Waals surface area contributed by atoms with Gasteiger partial charge in [0.05, 0.1) is 0 Å². The molecular formula is C18H32N2O2. The first kappa shape index (κ1) is 17.3. The summed E-state index contributed by atoms with van der Waals surface area (Å²) in [7, 11) is 0. The zero-order valence-corrected chi connectivity index (χ0v) is 14.3. The number of carbonyl (C=O) groups excluding carboxylic acids is 2. The van der Waals surface area contributed by atoms with E-state index in [0.29, 0.717) is 5.91 Å². The summed E-state index contributed by atoms with van der Waals surface area (Å²) in [5.41, 5.74) is 0. The molecule has 0 aromatic carbocycles. The van der Waals surface area contributed by atoms with E-state index in [-0.39, 0.29) is 23.8 Å². The van der Waals surface area contributed by atoms with Crippen LogP contribution in [0.5, 0.6) is 0 Å². The van der Waals surface area contributed by atoms with E-state index in [4.69, 9.17) is 0 Å². The third-order valence-electron chi connectivity index (χ3n) is 5.46. The van der Waals surface area contributed by atoms with Crippen LogP contribution in [-0.4, -0.2) is 35.8 Å². The van der Waals surface area contributed by atoms with Crippen molar-refractivity contribution in [2.24, 2.45) is 11.8 Å². The van der Waals surface area contributed by atoms with E-state index in [0.717, 1.165) is 51.6 Å². The molecule has 0 aromatic rings. The van der Waals surface area contributed by atoms with Gasteiger partial charge in [0.15, 0.2) is 0 Å². The maximum atomic E-state index is 12.5. The molecule has 0 atom stereocenters. The maximum Gasteiger partial charge on any atom is 0.225 e. The molecule has 2 aliphatic rings. The molecule has 1 heterocycles. The molecule has 2 rings (SSSR count). The van der Waals surface area contributed by atoms with Gasteiger partial charge in [0.2, 0.25) is 11.8 Å². The molecule has 1 aliphatic heterocycles. The Balaban J connectivity index is 1.75. The van der Waals surface area contributed by atoms with Gasteiger partial charge >= 0.3 is 0 Å². The molecular weight excluding hydrogens is 276 g/mol. The van der Waals surface area contributed by atoms with Gasteiger partial charge in [0, 0.05) is 31.0 Å². The second kappa shape index (κ2) is 8.54. The van der Waals surface area contributed by atoms with Crippen LogP contribution in [0.3, 0.4) is 0 Å². The van der Waals surface area contributed by atoms with Crippen molar-refractivity contribution in [2.75, 3.05) is 13.1 Å². The highest BCUT2D eigenvalue weighted by Gasteiger charge is 2.30. The van der Waals surface area contributed by atoms with Crippen molar-refractivity contribution in [3.05, 3.63) is 0 Å². The SMILES string of the molecule is CCC(CC)C(=O)NC1CCN(C(=O)C2CCCCC2)CC1. The van der Waals surface area contributed by atoms with Gasteiger partial charge in [-0.25, -0.2) is 0 Å². The van der Waals surface area contributed by atoms with Gasteiger partial charge in [-0.15, -0.1) is 0 Å². The molecule has 2 fully saturated rings. The normalized spacial score (nSPS) is 21.1. The minimum atomic E-state index is 0.141. The molecule has 4 nitrogen and oxygen atoms in total. The fourth-order valence-corrected chi connectivity index (χ4v) is 3.83. The molecule has 2 amide bonds. The number of amides is 2. The lowest BCUT2D eigenvalue weighted by molar-refractivity contribution is -0.137. The summed E-state index contributed by atoms with van der Waals surface area (Å²) >= 11 is 0. The second-order valence-corrected chi connectivity index (χ2v) is 6.96. The van der Waals surface area contributed by atoms with Crippen LogP contribution >= 0.6 is 0 Å². The molecule has 1 N–H and O–H groups in total. The lowest BCUT2D eigenvalue weighted by Crippen LogP contribution is -2.49. The first-order valence-electron chi connectivity index (χ1n) is 9.24. The average Bonchev–Trinajstić information content (AvgIpc) is 2.57. The zero-order chi connectivity index (χ0) is 15.9. The van der Waals surface area contributed by atoms with E-state index < -0.39 is 0 Å². The van der Waals surface area contributed by atoms with Crippen molar-refractivity contribution in [1.29, 1.82) is 0 Å². The summed E-state index contributed by atoms with van der Waals surface area (Å²) in [6.07, 6.45) is 9.47. The number of nitrogens with one attached hydrogen (secondary N) is 1. The fourth-order valence-electron chi connectivity index (χ4n) is 3.83. The Hall–Kier alpha value is -1.06. The van der Waals surface area contributed by atoms with E-state index >= 15 is 0 Å². The topological polar surface area (TPSA) is 49.4 Å². The number of piperidine rings is 1. The summed E-state index contributed by atoms with van der Waals surface area (Å²) < 4.78 is 0. The molecule has 4 heteroatoms. The predicted molar refractivity (Wildman–Crippen MR) is 88.4 cm³/mol. The van der Waals surface area contributed by atoms with Crippen molar-refractivity contribution >= 4 is 11.8 Å². The molecule has 1 saturated carbocycles. The number of nitrogens with zero attached hydrogens (tertiary/aromatic N) is 1. The highest BCUT2D eigenvalue weighted by molar-refractivity contribution is 5.80. The van der Waals surface area contributed by atoms with Crippen LogP contribution in [0.15, 0.2) is 0 Å². The smallest absolute Gasteiger partial charge is 0.225 e. The Bertz CT molecular complexity index is 365. The quantitative estimate of drug-likeness (QED) is 0.848. The highest BCUT2D eigenvalue weighted by atomic mass is 16.2. The van der Waals surface area contributed by atoms with Gasteiger partial charge < -0.3 is 10.2 Å². The largest absolute Gasteiger partial charge is 0.353 e. The number of likely N-dealkylation sites (tertiary alicyclic amines) is 1. The van der Waals surface area contributed by atoms with E-state index in [9.17, 15) is 9.59 Å². The molecule has 126 valence electrons. The van der Waals surface area contributed by atoms with Crippen molar-refractivity contribution in [3.8, 4) is 0 Å². The van der Waals surface area contributed by atoms with Gasteiger partial charge in [-0.1, -0.05) is 33.1 Å². The summed E-state index contributed by atoms with van der Waals surface area (Å²) in [5.74, 6) is 0.970. The van der Waals surface area contributed by atoms with Gasteiger partial charge in [0.25, 0.3) is 0 Å². The first-order chi connectivity index (χ1) is 10.7. The first-order valence-corrected chi connectivity index (χ1v) is 9.24. The van der Waals surface area contributed by atoms with E-state index in [2.05, 4.69) is 19.2 Å². The minimum absolute atomic E-state index is 0.141.